The third kappa shape index (κ3) is 5.86. The molecule has 0 saturated heterocycles. The zero-order chi connectivity index (χ0) is 6.62. The van der Waals surface area contributed by atoms with E-state index in [1.54, 1.807) is 0 Å². The first-order valence-corrected chi connectivity index (χ1v) is 4.05. The van der Waals surface area contributed by atoms with Crippen molar-refractivity contribution >= 4 is 7.68 Å². The molecular weight excluding hydrogens is 130 g/mol. The third-order valence-corrected chi connectivity index (χ3v) is 1.03. The van der Waals surface area contributed by atoms with Gasteiger partial charge in [-0.15, -0.1) is 6.58 Å². The van der Waals surface area contributed by atoms with Gasteiger partial charge in [-0.05, 0) is 0 Å². The zero-order valence-electron chi connectivity index (χ0n) is 4.63. The van der Waals surface area contributed by atoms with Crippen LogP contribution in [0.1, 0.15) is 0 Å². The molecule has 0 aliphatic carbocycles. The first-order valence-electron chi connectivity index (χ1n) is 2.09. The molecule has 4 heteroatoms. The minimum Gasteiger partial charge on any atom is -0.302 e. The van der Waals surface area contributed by atoms with Crippen LogP contribution in [0.2, 0.25) is 0 Å². The summed E-state index contributed by atoms with van der Waals surface area (Å²) in [5.74, 6) is 0. The largest absolute Gasteiger partial charge is 0.364 e. The van der Waals surface area contributed by atoms with E-state index in [9.17, 15) is 8.76 Å². The van der Waals surface area contributed by atoms with Crippen molar-refractivity contribution in [3.05, 3.63) is 12.7 Å². The monoisotopic (exact) mass is 138 g/mol. The van der Waals surface area contributed by atoms with Crippen molar-refractivity contribution in [1.29, 1.82) is 0 Å². The second-order valence-corrected chi connectivity index (χ2v) is 3.08. The summed E-state index contributed by atoms with van der Waals surface area (Å²) in [6.07, 6.45) is 1.34. The van der Waals surface area contributed by atoms with Crippen LogP contribution in [-0.2, 0) is 9.09 Å². The zero-order valence-corrected chi connectivity index (χ0v) is 5.53. The lowest BCUT2D eigenvalue weighted by atomic mass is 10.7. The van der Waals surface area contributed by atoms with Crippen LogP contribution in [0.3, 0.4) is 0 Å². The van der Waals surface area contributed by atoms with Gasteiger partial charge < -0.3 is 4.52 Å². The van der Waals surface area contributed by atoms with Gasteiger partial charge in [-0.2, -0.15) is 4.20 Å². The van der Waals surface area contributed by atoms with Crippen LogP contribution < -0.4 is 0 Å². The van der Waals surface area contributed by atoms with E-state index in [4.69, 9.17) is 0 Å². The molecule has 0 amide bonds. The summed E-state index contributed by atoms with van der Waals surface area (Å²) in [4.78, 5) is 0. The molecule has 0 saturated carbocycles. The van der Waals surface area contributed by atoms with Crippen LogP contribution in [0.25, 0.3) is 0 Å². The van der Waals surface area contributed by atoms with Crippen molar-refractivity contribution in [3.63, 3.8) is 0 Å². The van der Waals surface area contributed by atoms with Crippen LogP contribution in [0.15, 0.2) is 12.7 Å². The van der Waals surface area contributed by atoms with Crippen LogP contribution in [0.5, 0.6) is 0 Å². The molecule has 0 aromatic rings. The lowest BCUT2D eigenvalue weighted by Gasteiger charge is -1.98. The fourth-order valence-electron chi connectivity index (χ4n) is 0.186. The van der Waals surface area contributed by atoms with E-state index in [1.807, 2.05) is 0 Å². The molecular formula is C4H8FO2P. The Hall–Kier alpha value is -0.140. The van der Waals surface area contributed by atoms with Crippen molar-refractivity contribution in [2.75, 3.05) is 13.3 Å². The first kappa shape index (κ1) is 7.86. The Bertz CT molecular complexity index is 117. The summed E-state index contributed by atoms with van der Waals surface area (Å²) < 4.78 is 26.0. The van der Waals surface area contributed by atoms with Gasteiger partial charge in [0, 0.05) is 6.66 Å². The molecule has 1 unspecified atom stereocenters. The minimum atomic E-state index is -3.75. The number of hydrogen-bond acceptors (Lipinski definition) is 2. The Morgan fingerprint density at radius 1 is 2.00 bits per heavy atom. The lowest BCUT2D eigenvalue weighted by molar-refractivity contribution is 0.326. The SMILES string of the molecule is C=CCOP(C)(=O)F. The predicted molar refractivity (Wildman–Crippen MR) is 30.8 cm³/mol. The maximum absolute atomic E-state index is 11.9. The van der Waals surface area contributed by atoms with Crippen molar-refractivity contribution in [1.82, 2.24) is 0 Å². The summed E-state index contributed by atoms with van der Waals surface area (Å²) in [7, 11) is -3.75. The van der Waals surface area contributed by atoms with Gasteiger partial charge in [-0.1, -0.05) is 6.08 Å². The maximum Gasteiger partial charge on any atom is 0.364 e. The van der Waals surface area contributed by atoms with Crippen LogP contribution in [0.4, 0.5) is 4.20 Å². The first-order chi connectivity index (χ1) is 3.56. The average Bonchev–Trinajstić information content (AvgIpc) is 1.59. The topological polar surface area (TPSA) is 26.3 Å². The Morgan fingerprint density at radius 2 is 2.50 bits per heavy atom. The fraction of sp³-hybridized carbons (Fsp3) is 0.500. The van der Waals surface area contributed by atoms with Gasteiger partial charge >= 0.3 is 7.68 Å². The minimum absolute atomic E-state index is 0.00424. The van der Waals surface area contributed by atoms with E-state index >= 15 is 0 Å². The molecule has 0 aromatic carbocycles. The predicted octanol–water partition coefficient (Wildman–Crippen LogP) is 1.98. The van der Waals surface area contributed by atoms with Gasteiger partial charge in [-0.3, -0.25) is 4.57 Å². The molecule has 0 aliphatic heterocycles. The Labute approximate surface area is 47.9 Å². The van der Waals surface area contributed by atoms with Crippen molar-refractivity contribution in [2.24, 2.45) is 0 Å². The molecule has 2 nitrogen and oxygen atoms in total. The van der Waals surface area contributed by atoms with Gasteiger partial charge in [0.15, 0.2) is 0 Å². The van der Waals surface area contributed by atoms with E-state index in [2.05, 4.69) is 11.1 Å². The molecule has 0 N–H and O–H groups in total. The van der Waals surface area contributed by atoms with Crippen molar-refractivity contribution in [3.8, 4) is 0 Å². The molecule has 0 heterocycles. The van der Waals surface area contributed by atoms with Crippen LogP contribution in [-0.4, -0.2) is 13.3 Å². The Balaban J connectivity index is 3.40. The molecule has 0 radical (unpaired) electrons. The standard InChI is InChI=1S/C4H8FO2P/c1-3-4-7-8(2,5)6/h3H,1,4H2,2H3. The van der Waals surface area contributed by atoms with Gasteiger partial charge in [0.2, 0.25) is 0 Å². The smallest absolute Gasteiger partial charge is 0.302 e. The average molecular weight is 138 g/mol. The summed E-state index contributed by atoms with van der Waals surface area (Å²) in [6.45, 7) is 4.17. The van der Waals surface area contributed by atoms with Crippen LogP contribution in [0, 0.1) is 0 Å². The molecule has 8 heavy (non-hydrogen) atoms. The molecule has 1 atom stereocenters. The highest BCUT2D eigenvalue weighted by Crippen LogP contribution is 2.43. The highest BCUT2D eigenvalue weighted by atomic mass is 31.2. The van der Waals surface area contributed by atoms with Crippen LogP contribution >= 0.6 is 7.68 Å². The van der Waals surface area contributed by atoms with E-state index in [1.165, 1.54) is 6.08 Å². The quantitative estimate of drug-likeness (QED) is 0.440. The number of halogens is 1. The molecule has 0 spiro atoms. The highest BCUT2D eigenvalue weighted by molar-refractivity contribution is 7.52. The Kier molecular flexibility index (Phi) is 2.95. The highest BCUT2D eigenvalue weighted by Gasteiger charge is 2.09. The van der Waals surface area contributed by atoms with E-state index < -0.39 is 7.68 Å². The number of hydrogen-bond donors (Lipinski definition) is 0. The second-order valence-electron chi connectivity index (χ2n) is 1.33. The van der Waals surface area contributed by atoms with Crippen molar-refractivity contribution in [2.45, 2.75) is 0 Å². The molecule has 0 bridgehead atoms. The van der Waals surface area contributed by atoms with Gasteiger partial charge in [0.25, 0.3) is 0 Å². The van der Waals surface area contributed by atoms with E-state index in [-0.39, 0.29) is 6.61 Å². The van der Waals surface area contributed by atoms with Crippen molar-refractivity contribution < 1.29 is 13.3 Å². The molecule has 0 fully saturated rings. The Morgan fingerprint density at radius 3 is 2.62 bits per heavy atom. The van der Waals surface area contributed by atoms with Gasteiger partial charge in [0.05, 0.1) is 6.61 Å². The lowest BCUT2D eigenvalue weighted by Crippen LogP contribution is -1.81. The fourth-order valence-corrected chi connectivity index (χ4v) is 0.558. The third-order valence-electron chi connectivity index (χ3n) is 0.423. The summed E-state index contributed by atoms with van der Waals surface area (Å²) in [5.41, 5.74) is 0. The second kappa shape index (κ2) is 3.00. The molecule has 0 aromatic heterocycles. The molecule has 0 aliphatic rings. The van der Waals surface area contributed by atoms with Gasteiger partial charge in [0.1, 0.15) is 0 Å². The van der Waals surface area contributed by atoms with E-state index in [0.717, 1.165) is 6.66 Å². The summed E-state index contributed by atoms with van der Waals surface area (Å²) in [5, 5.41) is 0. The van der Waals surface area contributed by atoms with Gasteiger partial charge in [-0.25, -0.2) is 0 Å². The van der Waals surface area contributed by atoms with E-state index in [0.29, 0.717) is 0 Å². The maximum atomic E-state index is 11.9. The summed E-state index contributed by atoms with van der Waals surface area (Å²) in [6, 6.07) is 0. The molecule has 0 rings (SSSR count). The molecule has 48 valence electrons. The summed E-state index contributed by atoms with van der Waals surface area (Å²) >= 11 is 0. The number of rotatable bonds is 3. The normalized spacial score (nSPS) is 17.2.